The SMILES string of the molecule is OC(Cn1cnc2ccccc21)C1CCC1. The van der Waals surface area contributed by atoms with Gasteiger partial charge >= 0.3 is 0 Å². The van der Waals surface area contributed by atoms with Crippen LogP contribution in [0.4, 0.5) is 0 Å². The van der Waals surface area contributed by atoms with Crippen molar-refractivity contribution >= 4 is 11.0 Å². The second-order valence-electron chi connectivity index (χ2n) is 4.64. The molecule has 0 spiro atoms. The van der Waals surface area contributed by atoms with Gasteiger partial charge in [0.25, 0.3) is 0 Å². The van der Waals surface area contributed by atoms with E-state index in [0.717, 1.165) is 11.0 Å². The first-order valence-corrected chi connectivity index (χ1v) is 5.92. The zero-order chi connectivity index (χ0) is 11.0. The molecule has 3 heteroatoms. The molecule has 0 aliphatic heterocycles. The van der Waals surface area contributed by atoms with Gasteiger partial charge in [-0.3, -0.25) is 0 Å². The molecule has 1 atom stereocenters. The smallest absolute Gasteiger partial charge is 0.0959 e. The lowest BCUT2D eigenvalue weighted by atomic mass is 9.81. The maximum absolute atomic E-state index is 10.1. The van der Waals surface area contributed by atoms with Crippen LogP contribution >= 0.6 is 0 Å². The van der Waals surface area contributed by atoms with Crippen LogP contribution in [0.2, 0.25) is 0 Å². The Bertz CT molecular complexity index is 487. The van der Waals surface area contributed by atoms with Gasteiger partial charge in [-0.1, -0.05) is 18.6 Å². The zero-order valence-electron chi connectivity index (χ0n) is 9.21. The molecule has 84 valence electrons. The van der Waals surface area contributed by atoms with Crippen LogP contribution in [0.25, 0.3) is 11.0 Å². The van der Waals surface area contributed by atoms with Crippen LogP contribution in [-0.2, 0) is 6.54 Å². The van der Waals surface area contributed by atoms with Crippen LogP contribution in [0.1, 0.15) is 19.3 Å². The van der Waals surface area contributed by atoms with E-state index < -0.39 is 0 Å². The van der Waals surface area contributed by atoms with Crippen molar-refractivity contribution < 1.29 is 5.11 Å². The van der Waals surface area contributed by atoms with Crippen molar-refractivity contribution in [2.45, 2.75) is 31.9 Å². The molecule has 0 radical (unpaired) electrons. The van der Waals surface area contributed by atoms with Crippen molar-refractivity contribution in [3.8, 4) is 0 Å². The molecule has 0 amide bonds. The first-order chi connectivity index (χ1) is 7.84. The lowest BCUT2D eigenvalue weighted by Gasteiger charge is -2.30. The van der Waals surface area contributed by atoms with Crippen LogP contribution in [-0.4, -0.2) is 20.8 Å². The summed E-state index contributed by atoms with van der Waals surface area (Å²) >= 11 is 0. The fourth-order valence-electron chi connectivity index (χ4n) is 2.33. The Morgan fingerprint density at radius 3 is 2.94 bits per heavy atom. The number of rotatable bonds is 3. The summed E-state index contributed by atoms with van der Waals surface area (Å²) in [5.74, 6) is 0.501. The number of aliphatic hydroxyl groups is 1. The summed E-state index contributed by atoms with van der Waals surface area (Å²) in [5, 5.41) is 10.1. The minimum absolute atomic E-state index is 0.216. The third-order valence-corrected chi connectivity index (χ3v) is 3.61. The van der Waals surface area contributed by atoms with Crippen molar-refractivity contribution in [2.24, 2.45) is 5.92 Å². The molecule has 3 nitrogen and oxygen atoms in total. The Balaban J connectivity index is 1.83. The minimum Gasteiger partial charge on any atom is -0.391 e. The molecular formula is C13H16N2O. The van der Waals surface area contributed by atoms with Gasteiger partial charge in [-0.05, 0) is 30.9 Å². The van der Waals surface area contributed by atoms with Gasteiger partial charge in [0.1, 0.15) is 0 Å². The lowest BCUT2D eigenvalue weighted by Crippen LogP contribution is -2.30. The van der Waals surface area contributed by atoms with Gasteiger partial charge in [-0.15, -0.1) is 0 Å². The predicted octanol–water partition coefficient (Wildman–Crippen LogP) is 2.20. The van der Waals surface area contributed by atoms with Crippen molar-refractivity contribution in [2.75, 3.05) is 0 Å². The Morgan fingerprint density at radius 1 is 1.38 bits per heavy atom. The van der Waals surface area contributed by atoms with Crippen molar-refractivity contribution in [3.05, 3.63) is 30.6 Å². The van der Waals surface area contributed by atoms with Gasteiger partial charge in [-0.25, -0.2) is 4.98 Å². The van der Waals surface area contributed by atoms with Gasteiger partial charge in [0.2, 0.25) is 0 Å². The zero-order valence-corrected chi connectivity index (χ0v) is 9.21. The number of aliphatic hydroxyl groups excluding tert-OH is 1. The molecule has 1 heterocycles. The molecule has 2 aromatic rings. The number of para-hydroxylation sites is 2. The Morgan fingerprint density at radius 2 is 2.19 bits per heavy atom. The molecule has 1 N–H and O–H groups in total. The highest BCUT2D eigenvalue weighted by molar-refractivity contribution is 5.74. The van der Waals surface area contributed by atoms with Gasteiger partial charge < -0.3 is 9.67 Å². The highest BCUT2D eigenvalue weighted by atomic mass is 16.3. The second kappa shape index (κ2) is 3.91. The monoisotopic (exact) mass is 216 g/mol. The first kappa shape index (κ1) is 9.85. The van der Waals surface area contributed by atoms with E-state index in [1.165, 1.54) is 19.3 Å². The molecule has 1 aliphatic rings. The van der Waals surface area contributed by atoms with Crippen LogP contribution in [0.5, 0.6) is 0 Å². The standard InChI is InChI=1S/C13H16N2O/c16-13(10-4-3-5-10)8-15-9-14-11-6-1-2-7-12(11)15/h1-2,6-7,9-10,13,16H,3-5,8H2. The molecule has 1 aromatic carbocycles. The Kier molecular flexibility index (Phi) is 2.40. The molecule has 16 heavy (non-hydrogen) atoms. The van der Waals surface area contributed by atoms with Gasteiger partial charge in [0, 0.05) is 0 Å². The van der Waals surface area contributed by atoms with Gasteiger partial charge in [0.05, 0.1) is 30.0 Å². The maximum atomic E-state index is 10.1. The summed E-state index contributed by atoms with van der Waals surface area (Å²) in [4.78, 5) is 4.33. The van der Waals surface area contributed by atoms with E-state index >= 15 is 0 Å². The maximum Gasteiger partial charge on any atom is 0.0959 e. The summed E-state index contributed by atoms with van der Waals surface area (Å²) in [6.07, 6.45) is 5.23. The Labute approximate surface area is 94.7 Å². The third kappa shape index (κ3) is 1.61. The van der Waals surface area contributed by atoms with E-state index in [9.17, 15) is 5.11 Å². The van der Waals surface area contributed by atoms with Crippen molar-refractivity contribution in [3.63, 3.8) is 0 Å². The number of benzene rings is 1. The number of imidazole rings is 1. The molecule has 3 rings (SSSR count). The first-order valence-electron chi connectivity index (χ1n) is 5.92. The van der Waals surface area contributed by atoms with Gasteiger partial charge in [0.15, 0.2) is 0 Å². The van der Waals surface area contributed by atoms with E-state index in [1.807, 2.05) is 24.5 Å². The number of aromatic nitrogens is 2. The fraction of sp³-hybridized carbons (Fsp3) is 0.462. The largest absolute Gasteiger partial charge is 0.391 e. The van der Waals surface area contributed by atoms with Crippen LogP contribution in [0.15, 0.2) is 30.6 Å². The fourth-order valence-corrected chi connectivity index (χ4v) is 2.33. The average molecular weight is 216 g/mol. The number of fused-ring (bicyclic) bond motifs is 1. The van der Waals surface area contributed by atoms with Crippen LogP contribution in [0, 0.1) is 5.92 Å². The van der Waals surface area contributed by atoms with E-state index in [4.69, 9.17) is 0 Å². The van der Waals surface area contributed by atoms with E-state index in [0.29, 0.717) is 12.5 Å². The van der Waals surface area contributed by atoms with E-state index in [2.05, 4.69) is 15.6 Å². The number of nitrogens with zero attached hydrogens (tertiary/aromatic N) is 2. The summed E-state index contributed by atoms with van der Waals surface area (Å²) in [7, 11) is 0. The second-order valence-corrected chi connectivity index (χ2v) is 4.64. The number of hydrogen-bond donors (Lipinski definition) is 1. The normalized spacial score (nSPS) is 18.6. The summed E-state index contributed by atoms with van der Waals surface area (Å²) in [5.41, 5.74) is 2.11. The van der Waals surface area contributed by atoms with Gasteiger partial charge in [-0.2, -0.15) is 0 Å². The van der Waals surface area contributed by atoms with Crippen molar-refractivity contribution in [1.29, 1.82) is 0 Å². The van der Waals surface area contributed by atoms with Crippen LogP contribution in [0.3, 0.4) is 0 Å². The molecule has 0 bridgehead atoms. The summed E-state index contributed by atoms with van der Waals surface area (Å²) in [6.45, 7) is 0.672. The predicted molar refractivity (Wildman–Crippen MR) is 63.1 cm³/mol. The minimum atomic E-state index is -0.216. The summed E-state index contributed by atoms with van der Waals surface area (Å²) in [6, 6.07) is 8.05. The van der Waals surface area contributed by atoms with E-state index in [1.54, 1.807) is 0 Å². The Hall–Kier alpha value is -1.35. The molecule has 1 saturated carbocycles. The van der Waals surface area contributed by atoms with Crippen LogP contribution < -0.4 is 0 Å². The third-order valence-electron chi connectivity index (χ3n) is 3.61. The summed E-state index contributed by atoms with van der Waals surface area (Å²) < 4.78 is 2.05. The molecule has 0 saturated heterocycles. The molecule has 1 unspecified atom stereocenters. The quantitative estimate of drug-likeness (QED) is 0.854. The number of hydrogen-bond acceptors (Lipinski definition) is 2. The van der Waals surface area contributed by atoms with Crippen molar-refractivity contribution in [1.82, 2.24) is 9.55 Å². The molecule has 1 aliphatic carbocycles. The molecule has 1 aromatic heterocycles. The highest BCUT2D eigenvalue weighted by Crippen LogP contribution is 2.30. The average Bonchev–Trinajstić information content (AvgIpc) is 2.59. The van der Waals surface area contributed by atoms with E-state index in [-0.39, 0.29) is 6.10 Å². The molecular weight excluding hydrogens is 200 g/mol. The molecule has 1 fully saturated rings. The topological polar surface area (TPSA) is 38.0 Å². The highest BCUT2D eigenvalue weighted by Gasteiger charge is 2.25. The lowest BCUT2D eigenvalue weighted by molar-refractivity contribution is 0.0496.